The number of carbonyl (C=O) groups excluding carboxylic acids is 1. The van der Waals surface area contributed by atoms with Crippen molar-refractivity contribution in [3.63, 3.8) is 0 Å². The van der Waals surface area contributed by atoms with Gasteiger partial charge in [-0.05, 0) is 71.0 Å². The predicted octanol–water partition coefficient (Wildman–Crippen LogP) is 9.27. The molecule has 410 valence electrons. The highest BCUT2D eigenvalue weighted by molar-refractivity contribution is 7.49. The number of aromatic nitrogens is 6. The molecule has 9 atom stereocenters. The van der Waals surface area contributed by atoms with Gasteiger partial charge in [-0.15, -0.1) is 0 Å². The van der Waals surface area contributed by atoms with Gasteiger partial charge in [-0.1, -0.05) is 65.7 Å². The summed E-state index contributed by atoms with van der Waals surface area (Å²) >= 11 is 12.7. The van der Waals surface area contributed by atoms with E-state index in [4.69, 9.17) is 64.3 Å². The van der Waals surface area contributed by atoms with Gasteiger partial charge in [-0.25, -0.2) is 33.5 Å². The standard InChI is InChI=1S/C48H54Cl2N9O15P3/c1-29(2)59(30(3)4)75(66-21-13-20-51)71-37-22-42(58-28-54-43-44(52-27-53-45(43)58)55-47(61)32-14-7-6-8-15-32)69-39(37)26-68-77(65,73-36-19-12-10-17-34(36)50)74-38-23-41(57-24-31(5)46(60)56-48(57)62)70-40(38)25-67-76(63,64)72-35-18-11-9-16-33(35)49/h6-12,14-19,24,27-30,37-42H,13,21-23,25-26H2,1-5H3,(H,63,64)(H,56,60,62)(H,52,53,55,61)/t37-,38-,39+,40+,41+,42+,75?,77?/m0/s1. The molecule has 3 aromatic heterocycles. The van der Waals surface area contributed by atoms with Gasteiger partial charge in [0, 0.05) is 42.2 Å². The molecular weight excluding hydrogens is 1110 g/mol. The highest BCUT2D eigenvalue weighted by Gasteiger charge is 2.48. The number of fused-ring (bicyclic) bond motifs is 1. The van der Waals surface area contributed by atoms with E-state index in [1.54, 1.807) is 53.1 Å². The first-order valence-electron chi connectivity index (χ1n) is 24.0. The summed E-state index contributed by atoms with van der Waals surface area (Å²) < 4.78 is 88.8. The number of hydrogen-bond donors (Lipinski definition) is 3. The number of benzene rings is 3. The highest BCUT2D eigenvalue weighted by atomic mass is 35.5. The van der Waals surface area contributed by atoms with Crippen molar-refractivity contribution in [2.75, 3.05) is 25.1 Å². The van der Waals surface area contributed by atoms with Crippen LogP contribution in [-0.2, 0) is 41.2 Å². The lowest BCUT2D eigenvalue weighted by Gasteiger charge is -2.37. The molecule has 0 spiro atoms. The quantitative estimate of drug-likeness (QED) is 0.0375. The Morgan fingerprint density at radius 2 is 1.49 bits per heavy atom. The van der Waals surface area contributed by atoms with Crippen LogP contribution in [0.2, 0.25) is 10.0 Å². The van der Waals surface area contributed by atoms with Gasteiger partial charge in [0.1, 0.15) is 48.6 Å². The summed E-state index contributed by atoms with van der Waals surface area (Å²) in [4.78, 5) is 65.2. The lowest BCUT2D eigenvalue weighted by atomic mass is 10.2. The number of rotatable bonds is 24. The van der Waals surface area contributed by atoms with E-state index < -0.39 is 91.4 Å². The van der Waals surface area contributed by atoms with Crippen LogP contribution in [0.5, 0.6) is 11.5 Å². The Morgan fingerprint density at radius 1 is 0.883 bits per heavy atom. The second kappa shape index (κ2) is 25.6. The Labute approximate surface area is 452 Å². The number of nitriles is 1. The van der Waals surface area contributed by atoms with Crippen LogP contribution in [0, 0.1) is 18.3 Å². The number of nitrogens with zero attached hydrogens (tertiary/aromatic N) is 7. The van der Waals surface area contributed by atoms with Gasteiger partial charge in [0.2, 0.25) is 0 Å². The number of phosphoric ester groups is 2. The minimum atomic E-state index is -5.01. The van der Waals surface area contributed by atoms with Gasteiger partial charge < -0.3 is 32.9 Å². The van der Waals surface area contributed by atoms with Crippen molar-refractivity contribution in [3.8, 4) is 17.6 Å². The molecule has 2 aliphatic heterocycles. The number of anilines is 1. The summed E-state index contributed by atoms with van der Waals surface area (Å²) in [5, 5.41) is 12.3. The first-order valence-corrected chi connectivity index (χ1v) is 28.9. The zero-order valence-electron chi connectivity index (χ0n) is 42.0. The van der Waals surface area contributed by atoms with Crippen molar-refractivity contribution in [1.82, 2.24) is 33.7 Å². The third-order valence-electron chi connectivity index (χ3n) is 11.8. The Kier molecular flexibility index (Phi) is 19.2. The van der Waals surface area contributed by atoms with E-state index in [2.05, 4.69) is 31.3 Å². The van der Waals surface area contributed by atoms with Crippen molar-refractivity contribution >= 4 is 70.3 Å². The Hall–Kier alpha value is -5.44. The van der Waals surface area contributed by atoms with Crippen molar-refractivity contribution in [1.29, 1.82) is 5.26 Å². The zero-order valence-corrected chi connectivity index (χ0v) is 46.2. The molecule has 29 heteroatoms. The molecule has 2 aliphatic rings. The number of amides is 1. The molecule has 3 unspecified atom stereocenters. The predicted molar refractivity (Wildman–Crippen MR) is 281 cm³/mol. The van der Waals surface area contributed by atoms with Crippen LogP contribution >= 0.6 is 47.4 Å². The molecule has 77 heavy (non-hydrogen) atoms. The van der Waals surface area contributed by atoms with Crippen molar-refractivity contribution < 1.29 is 60.0 Å². The molecule has 5 heterocycles. The number of hydrogen-bond acceptors (Lipinski definition) is 19. The van der Waals surface area contributed by atoms with Crippen LogP contribution in [-0.4, -0.2) is 101 Å². The van der Waals surface area contributed by atoms with E-state index in [0.29, 0.717) is 5.56 Å². The SMILES string of the molecule is Cc1cn([C@H]2C[C@H](OP(=O)(OC[C@H]3O[C@@H](n4cnc5c(NC(=O)c6ccccc6)ncnc54)C[C@@H]3OP(OCCC#N)N(C(C)C)C(C)C)Oc3ccccc3Cl)[C@@H](COP(=O)(O)Oc3ccccc3Cl)O2)c(=O)[nH]c1=O. The molecule has 1 amide bonds. The molecule has 0 saturated carbocycles. The van der Waals surface area contributed by atoms with E-state index in [-0.39, 0.29) is 82.0 Å². The molecule has 2 fully saturated rings. The van der Waals surface area contributed by atoms with E-state index in [1.165, 1.54) is 56.1 Å². The van der Waals surface area contributed by atoms with Crippen molar-refractivity contribution in [2.24, 2.45) is 0 Å². The zero-order chi connectivity index (χ0) is 55.0. The van der Waals surface area contributed by atoms with Gasteiger partial charge in [0.05, 0.1) is 54.8 Å². The monoisotopic (exact) mass is 1160 g/mol. The summed E-state index contributed by atoms with van der Waals surface area (Å²) in [7, 11) is -11.9. The number of aryl methyl sites for hydroxylation is 1. The summed E-state index contributed by atoms with van der Waals surface area (Å²) in [5.74, 6) is -0.572. The molecular formula is C48H54Cl2N9O15P3. The van der Waals surface area contributed by atoms with Gasteiger partial charge in [0.15, 0.2) is 17.0 Å². The minimum Gasteiger partial charge on any atom is -0.403 e. The van der Waals surface area contributed by atoms with Crippen LogP contribution in [0.3, 0.4) is 0 Å². The lowest BCUT2D eigenvalue weighted by Crippen LogP contribution is -2.36. The smallest absolute Gasteiger partial charge is 0.403 e. The Morgan fingerprint density at radius 3 is 2.16 bits per heavy atom. The molecule has 0 aliphatic carbocycles. The first-order chi connectivity index (χ1) is 36.8. The fourth-order valence-corrected chi connectivity index (χ4v) is 12.7. The third-order valence-corrected chi connectivity index (χ3v) is 16.9. The maximum Gasteiger partial charge on any atom is 0.530 e. The summed E-state index contributed by atoms with van der Waals surface area (Å²) in [6.45, 7) is 8.08. The third kappa shape index (κ3) is 14.4. The second-order valence-electron chi connectivity index (χ2n) is 18.0. The molecule has 3 aromatic carbocycles. The van der Waals surface area contributed by atoms with Crippen LogP contribution < -0.4 is 25.6 Å². The topological polar surface area (TPSA) is 292 Å². The Bertz CT molecular complexity index is 3290. The molecule has 3 N–H and O–H groups in total. The fraction of sp³-hybridized carbons (Fsp3) is 0.396. The average molecular weight is 1160 g/mol. The number of imidazole rings is 1. The van der Waals surface area contributed by atoms with Gasteiger partial charge in [-0.3, -0.25) is 42.2 Å². The average Bonchev–Trinajstić information content (AvgIpc) is 4.13. The summed E-state index contributed by atoms with van der Waals surface area (Å²) in [6.07, 6.45) is -3.11. The number of nitrogens with one attached hydrogen (secondary N) is 2. The van der Waals surface area contributed by atoms with Crippen molar-refractivity contribution in [2.45, 2.75) is 103 Å². The van der Waals surface area contributed by atoms with E-state index in [1.807, 2.05) is 32.4 Å². The maximum atomic E-state index is 15.5. The number of phosphoric acid groups is 2. The van der Waals surface area contributed by atoms with Gasteiger partial charge in [-0.2, -0.15) is 5.26 Å². The number of aromatic amines is 1. The van der Waals surface area contributed by atoms with E-state index in [9.17, 15) is 29.1 Å². The number of para-hydroxylation sites is 2. The number of ether oxygens (including phenoxy) is 2. The molecule has 0 bridgehead atoms. The molecule has 24 nitrogen and oxygen atoms in total. The molecule has 2 saturated heterocycles. The maximum absolute atomic E-state index is 15.5. The van der Waals surface area contributed by atoms with E-state index in [0.717, 1.165) is 4.57 Å². The van der Waals surface area contributed by atoms with Crippen LogP contribution in [0.1, 0.15) is 75.3 Å². The number of H-pyrrole nitrogens is 1. The number of halogens is 2. The van der Waals surface area contributed by atoms with E-state index >= 15 is 4.57 Å². The highest BCUT2D eigenvalue weighted by Crippen LogP contribution is 2.56. The largest absolute Gasteiger partial charge is 0.530 e. The lowest BCUT2D eigenvalue weighted by molar-refractivity contribution is -0.0540. The molecule has 6 aromatic rings. The molecule has 0 radical (unpaired) electrons. The first kappa shape index (κ1) is 57.7. The van der Waals surface area contributed by atoms with Gasteiger partial charge >= 0.3 is 21.3 Å². The van der Waals surface area contributed by atoms with Crippen molar-refractivity contribution in [3.05, 3.63) is 140 Å². The second-order valence-corrected chi connectivity index (χ2v) is 23.1. The van der Waals surface area contributed by atoms with Crippen LogP contribution in [0.4, 0.5) is 5.82 Å². The normalized spacial score (nSPS) is 21.5. The summed E-state index contributed by atoms with van der Waals surface area (Å²) in [6, 6.07) is 22.4. The minimum absolute atomic E-state index is 0.0166. The van der Waals surface area contributed by atoms with Crippen LogP contribution in [0.15, 0.2) is 107 Å². The Balaban J connectivity index is 1.12. The van der Waals surface area contributed by atoms with Crippen LogP contribution in [0.25, 0.3) is 11.2 Å². The number of carbonyl (C=O) groups is 1. The van der Waals surface area contributed by atoms with Gasteiger partial charge in [0.25, 0.3) is 20.0 Å². The fourth-order valence-electron chi connectivity index (χ4n) is 8.28. The molecule has 8 rings (SSSR count). The summed E-state index contributed by atoms with van der Waals surface area (Å²) in [5.41, 5.74) is -0.426.